The van der Waals surface area contributed by atoms with Gasteiger partial charge < -0.3 is 10.1 Å². The Morgan fingerprint density at radius 2 is 2.00 bits per heavy atom. The van der Waals surface area contributed by atoms with Crippen molar-refractivity contribution >= 4 is 9.84 Å². The van der Waals surface area contributed by atoms with Crippen molar-refractivity contribution in [3.05, 3.63) is 0 Å². The first kappa shape index (κ1) is 16.9. The third-order valence-corrected chi connectivity index (χ3v) is 5.68. The summed E-state index contributed by atoms with van der Waals surface area (Å²) >= 11 is 0. The molecule has 19 heavy (non-hydrogen) atoms. The van der Waals surface area contributed by atoms with Crippen LogP contribution >= 0.6 is 0 Å². The highest BCUT2D eigenvalue weighted by Gasteiger charge is 2.25. The first-order chi connectivity index (χ1) is 8.83. The molecule has 0 aromatic heterocycles. The van der Waals surface area contributed by atoms with Crippen molar-refractivity contribution < 1.29 is 13.2 Å². The summed E-state index contributed by atoms with van der Waals surface area (Å²) in [6.45, 7) is 11.3. The molecule has 1 saturated heterocycles. The molecule has 1 fully saturated rings. The summed E-state index contributed by atoms with van der Waals surface area (Å²) in [6.07, 6.45) is 0. The molecular weight excluding hydrogens is 264 g/mol. The van der Waals surface area contributed by atoms with E-state index in [-0.39, 0.29) is 17.0 Å². The molecular formula is C13H28N2O3S. The minimum atomic E-state index is -2.96. The van der Waals surface area contributed by atoms with E-state index in [2.05, 4.69) is 24.1 Å². The van der Waals surface area contributed by atoms with Gasteiger partial charge >= 0.3 is 0 Å². The molecule has 0 saturated carbocycles. The summed E-state index contributed by atoms with van der Waals surface area (Å²) in [7, 11) is -2.96. The molecule has 1 N–H and O–H groups in total. The van der Waals surface area contributed by atoms with Gasteiger partial charge in [0.15, 0.2) is 9.84 Å². The fourth-order valence-corrected chi connectivity index (χ4v) is 2.98. The smallest absolute Gasteiger partial charge is 0.153 e. The topological polar surface area (TPSA) is 58.6 Å². The van der Waals surface area contributed by atoms with E-state index in [0.717, 1.165) is 13.1 Å². The summed E-state index contributed by atoms with van der Waals surface area (Å²) in [5, 5.41) is 3.10. The molecule has 0 aromatic carbocycles. The highest BCUT2D eigenvalue weighted by Crippen LogP contribution is 2.09. The molecule has 5 nitrogen and oxygen atoms in total. The zero-order chi connectivity index (χ0) is 14.5. The molecule has 0 spiro atoms. The number of sulfone groups is 1. The zero-order valence-corrected chi connectivity index (χ0v) is 13.4. The van der Waals surface area contributed by atoms with Gasteiger partial charge in [0.1, 0.15) is 0 Å². The second kappa shape index (κ2) is 7.57. The lowest BCUT2D eigenvalue weighted by molar-refractivity contribution is -0.00433. The number of hydrogen-bond donors (Lipinski definition) is 1. The summed E-state index contributed by atoms with van der Waals surface area (Å²) in [5.74, 6) is 0.239. The Bertz CT molecular complexity index is 355. The number of nitrogens with zero attached hydrogens (tertiary/aromatic N) is 1. The fraction of sp³-hybridized carbons (Fsp3) is 1.00. The number of rotatable bonds is 7. The molecule has 0 aromatic rings. The maximum absolute atomic E-state index is 11.9. The van der Waals surface area contributed by atoms with Crippen molar-refractivity contribution in [1.29, 1.82) is 0 Å². The van der Waals surface area contributed by atoms with Gasteiger partial charge in [0.05, 0.1) is 24.2 Å². The third kappa shape index (κ3) is 5.77. The van der Waals surface area contributed by atoms with E-state index in [4.69, 9.17) is 4.74 Å². The largest absolute Gasteiger partial charge is 0.378 e. The van der Waals surface area contributed by atoms with Crippen LogP contribution in [-0.4, -0.2) is 69.3 Å². The van der Waals surface area contributed by atoms with Crippen molar-refractivity contribution in [3.63, 3.8) is 0 Å². The molecule has 1 aliphatic heterocycles. The van der Waals surface area contributed by atoms with E-state index in [0.29, 0.717) is 25.8 Å². The molecule has 1 atom stereocenters. The first-order valence-corrected chi connectivity index (χ1v) is 8.81. The first-order valence-electron chi connectivity index (χ1n) is 7.09. The van der Waals surface area contributed by atoms with Gasteiger partial charge in [-0.05, 0) is 13.8 Å². The molecule has 6 heteroatoms. The number of nitrogens with one attached hydrogen (secondary N) is 1. The van der Waals surface area contributed by atoms with E-state index in [1.54, 1.807) is 13.8 Å². The fourth-order valence-electron chi connectivity index (χ4n) is 2.02. The van der Waals surface area contributed by atoms with Crippen LogP contribution in [0.1, 0.15) is 27.7 Å². The maximum atomic E-state index is 11.9. The molecule has 0 radical (unpaired) electrons. The molecule has 1 aliphatic rings. The second-order valence-corrected chi connectivity index (χ2v) is 8.42. The zero-order valence-electron chi connectivity index (χ0n) is 12.6. The lowest BCUT2D eigenvalue weighted by Gasteiger charge is -2.36. The lowest BCUT2D eigenvalue weighted by atomic mass is 10.2. The van der Waals surface area contributed by atoms with Crippen molar-refractivity contribution in [2.75, 3.05) is 38.6 Å². The minimum Gasteiger partial charge on any atom is -0.378 e. The third-order valence-electron chi connectivity index (χ3n) is 3.49. The highest BCUT2D eigenvalue weighted by molar-refractivity contribution is 7.92. The van der Waals surface area contributed by atoms with Crippen LogP contribution in [0, 0.1) is 0 Å². The van der Waals surface area contributed by atoms with Gasteiger partial charge in [-0.2, -0.15) is 0 Å². The van der Waals surface area contributed by atoms with Crippen LogP contribution in [0.2, 0.25) is 0 Å². The van der Waals surface area contributed by atoms with Crippen LogP contribution in [0.15, 0.2) is 0 Å². The van der Waals surface area contributed by atoms with Crippen molar-refractivity contribution in [1.82, 2.24) is 10.2 Å². The minimum absolute atomic E-state index is 0.239. The van der Waals surface area contributed by atoms with Gasteiger partial charge in [-0.15, -0.1) is 0 Å². The highest BCUT2D eigenvalue weighted by atomic mass is 32.2. The van der Waals surface area contributed by atoms with E-state index < -0.39 is 9.84 Å². The van der Waals surface area contributed by atoms with Gasteiger partial charge in [-0.3, -0.25) is 4.90 Å². The number of hydrogen-bond acceptors (Lipinski definition) is 5. The van der Waals surface area contributed by atoms with Gasteiger partial charge in [0.25, 0.3) is 0 Å². The van der Waals surface area contributed by atoms with E-state index in [1.807, 2.05) is 0 Å². The normalized spacial score (nSPS) is 22.3. The average Bonchev–Trinajstić information content (AvgIpc) is 2.34. The molecule has 1 heterocycles. The Hall–Kier alpha value is -0.170. The van der Waals surface area contributed by atoms with E-state index >= 15 is 0 Å². The standard InChI is InChI=1S/C13H28N2O3S/c1-11(2)14-9-13-10-18-7-5-15(13)6-8-19(16,17)12(3)4/h11-14H,5-10H2,1-4H3. The summed E-state index contributed by atoms with van der Waals surface area (Å²) in [5.41, 5.74) is 0. The van der Waals surface area contributed by atoms with Crippen LogP contribution in [0.3, 0.4) is 0 Å². The van der Waals surface area contributed by atoms with Crippen LogP contribution in [-0.2, 0) is 14.6 Å². The SMILES string of the molecule is CC(C)NCC1COCCN1CCS(=O)(=O)C(C)C. The molecule has 114 valence electrons. The molecule has 0 amide bonds. The Morgan fingerprint density at radius 3 is 2.58 bits per heavy atom. The summed E-state index contributed by atoms with van der Waals surface area (Å²) in [6, 6.07) is 0.710. The van der Waals surface area contributed by atoms with Crippen molar-refractivity contribution in [2.24, 2.45) is 0 Å². The molecule has 0 bridgehead atoms. The van der Waals surface area contributed by atoms with E-state index in [9.17, 15) is 8.42 Å². The molecule has 0 aliphatic carbocycles. The summed E-state index contributed by atoms with van der Waals surface area (Å²) < 4.78 is 29.2. The Labute approximate surface area is 117 Å². The monoisotopic (exact) mass is 292 g/mol. The quantitative estimate of drug-likeness (QED) is 0.741. The van der Waals surface area contributed by atoms with Crippen LogP contribution in [0.5, 0.6) is 0 Å². The van der Waals surface area contributed by atoms with Gasteiger partial charge in [-0.25, -0.2) is 8.42 Å². The number of ether oxygens (including phenoxy) is 1. The number of morpholine rings is 1. The summed E-state index contributed by atoms with van der Waals surface area (Å²) in [4.78, 5) is 2.23. The predicted octanol–water partition coefficient (Wildman–Crippen LogP) is 0.508. The average molecular weight is 292 g/mol. The Balaban J connectivity index is 2.48. The van der Waals surface area contributed by atoms with Crippen molar-refractivity contribution in [2.45, 2.75) is 45.0 Å². The maximum Gasteiger partial charge on any atom is 0.153 e. The van der Waals surface area contributed by atoms with Crippen molar-refractivity contribution in [3.8, 4) is 0 Å². The van der Waals surface area contributed by atoms with Gasteiger partial charge in [0, 0.05) is 31.7 Å². The van der Waals surface area contributed by atoms with E-state index in [1.165, 1.54) is 0 Å². The lowest BCUT2D eigenvalue weighted by Crippen LogP contribution is -2.52. The van der Waals surface area contributed by atoms with Crippen LogP contribution < -0.4 is 5.32 Å². The predicted molar refractivity (Wildman–Crippen MR) is 78.2 cm³/mol. The van der Waals surface area contributed by atoms with Gasteiger partial charge in [0.2, 0.25) is 0 Å². The van der Waals surface area contributed by atoms with Crippen LogP contribution in [0.25, 0.3) is 0 Å². The molecule has 1 unspecified atom stereocenters. The van der Waals surface area contributed by atoms with Crippen LogP contribution in [0.4, 0.5) is 0 Å². The van der Waals surface area contributed by atoms with Gasteiger partial charge in [-0.1, -0.05) is 13.8 Å². The Kier molecular flexibility index (Phi) is 6.73. The molecule has 1 rings (SSSR count). The Morgan fingerprint density at radius 1 is 1.32 bits per heavy atom. The second-order valence-electron chi connectivity index (χ2n) is 5.74.